The molecule has 0 atom stereocenters. The van der Waals surface area contributed by atoms with Gasteiger partial charge < -0.3 is 5.32 Å². The van der Waals surface area contributed by atoms with Gasteiger partial charge >= 0.3 is 0 Å². The second-order valence-corrected chi connectivity index (χ2v) is 4.56. The number of amides is 1. The van der Waals surface area contributed by atoms with Gasteiger partial charge in [0.05, 0.1) is 5.69 Å². The number of allylic oxidation sites excluding steroid dienone is 1. The van der Waals surface area contributed by atoms with Gasteiger partial charge in [-0.2, -0.15) is 0 Å². The Bertz CT molecular complexity index is 515. The van der Waals surface area contributed by atoms with Gasteiger partial charge in [-0.05, 0) is 43.5 Å². The molecule has 0 spiro atoms. The maximum absolute atomic E-state index is 11.4. The summed E-state index contributed by atoms with van der Waals surface area (Å²) in [7, 11) is 0. The highest BCUT2D eigenvalue weighted by atomic mass is 16.1. The van der Waals surface area contributed by atoms with Gasteiger partial charge in [0.15, 0.2) is 0 Å². The average molecular weight is 230 g/mol. The predicted octanol–water partition coefficient (Wildman–Crippen LogP) is 2.43. The predicted molar refractivity (Wildman–Crippen MR) is 68.6 cm³/mol. The molecular formula is C14H18N2O. The largest absolute Gasteiger partial charge is 0.329 e. The third-order valence-corrected chi connectivity index (χ3v) is 3.45. The molecule has 0 fully saturated rings. The second kappa shape index (κ2) is 4.32. The van der Waals surface area contributed by atoms with E-state index in [-0.39, 0.29) is 5.91 Å². The summed E-state index contributed by atoms with van der Waals surface area (Å²) < 4.78 is 0. The molecule has 0 saturated heterocycles. The Morgan fingerprint density at radius 3 is 2.71 bits per heavy atom. The zero-order chi connectivity index (χ0) is 12.6. The fourth-order valence-electron chi connectivity index (χ4n) is 2.12. The van der Waals surface area contributed by atoms with E-state index in [0.29, 0.717) is 6.42 Å². The van der Waals surface area contributed by atoms with Gasteiger partial charge in [0.25, 0.3) is 0 Å². The molecular weight excluding hydrogens is 212 g/mol. The number of carbonyl (C=O) groups is 1. The van der Waals surface area contributed by atoms with Crippen LogP contribution in [0.2, 0.25) is 0 Å². The Kier molecular flexibility index (Phi) is 3.01. The van der Waals surface area contributed by atoms with Gasteiger partial charge in [0, 0.05) is 24.2 Å². The van der Waals surface area contributed by atoms with E-state index in [4.69, 9.17) is 0 Å². The van der Waals surface area contributed by atoms with E-state index in [1.807, 2.05) is 19.9 Å². The number of aryl methyl sites for hydroxylation is 1. The molecule has 1 aromatic heterocycles. The van der Waals surface area contributed by atoms with Crippen LogP contribution in [0.15, 0.2) is 5.70 Å². The first-order valence-electron chi connectivity index (χ1n) is 6.00. The normalized spacial score (nSPS) is 13.3. The van der Waals surface area contributed by atoms with Crippen molar-refractivity contribution in [1.29, 1.82) is 0 Å². The van der Waals surface area contributed by atoms with E-state index in [2.05, 4.69) is 24.1 Å². The zero-order valence-corrected chi connectivity index (χ0v) is 10.8. The fraction of sp³-hybridized carbons (Fsp3) is 0.429. The summed E-state index contributed by atoms with van der Waals surface area (Å²) in [5.74, 6) is 0.0650. The van der Waals surface area contributed by atoms with Gasteiger partial charge in [-0.15, -0.1) is 0 Å². The maximum atomic E-state index is 11.4. The molecule has 1 aliphatic carbocycles. The molecule has 1 aromatic rings. The van der Waals surface area contributed by atoms with Gasteiger partial charge in [0.1, 0.15) is 0 Å². The number of aromatic nitrogens is 1. The minimum atomic E-state index is 0.0650. The van der Waals surface area contributed by atoms with Crippen molar-refractivity contribution in [2.75, 3.05) is 0 Å². The summed E-state index contributed by atoms with van der Waals surface area (Å²) in [4.78, 5) is 15.9. The standard InChI is InChI=1S/C14H18N2O/c1-5-14(17)16-11-6-12-9(3)8(2)10(4)15-13(12)7-11/h7H,5-6H2,1-4H3,(H,16,17). The summed E-state index contributed by atoms with van der Waals surface area (Å²) in [6.07, 6.45) is 3.29. The van der Waals surface area contributed by atoms with Crippen LogP contribution < -0.4 is 5.32 Å². The minimum Gasteiger partial charge on any atom is -0.329 e. The quantitative estimate of drug-likeness (QED) is 0.847. The zero-order valence-electron chi connectivity index (χ0n) is 10.8. The van der Waals surface area contributed by atoms with Gasteiger partial charge in [0.2, 0.25) is 5.91 Å². The maximum Gasteiger partial charge on any atom is 0.223 e. The molecule has 0 saturated carbocycles. The van der Waals surface area contributed by atoms with E-state index in [0.717, 1.165) is 23.5 Å². The van der Waals surface area contributed by atoms with Crippen LogP contribution in [0, 0.1) is 20.8 Å². The molecule has 0 aliphatic heterocycles. The first-order valence-corrected chi connectivity index (χ1v) is 6.00. The minimum absolute atomic E-state index is 0.0650. The molecule has 1 amide bonds. The van der Waals surface area contributed by atoms with Crippen LogP contribution in [0.4, 0.5) is 0 Å². The number of nitrogens with one attached hydrogen (secondary N) is 1. The summed E-state index contributed by atoms with van der Waals surface area (Å²) in [6, 6.07) is 0. The van der Waals surface area contributed by atoms with Crippen LogP contribution in [0.3, 0.4) is 0 Å². The molecule has 1 aliphatic rings. The summed E-state index contributed by atoms with van der Waals surface area (Å²) in [5, 5.41) is 2.92. The molecule has 0 bridgehead atoms. The number of carbonyl (C=O) groups excluding carboxylic acids is 1. The molecule has 0 radical (unpaired) electrons. The van der Waals surface area contributed by atoms with Gasteiger partial charge in [-0.25, -0.2) is 0 Å². The van der Waals surface area contributed by atoms with Crippen molar-refractivity contribution in [2.24, 2.45) is 0 Å². The van der Waals surface area contributed by atoms with Crippen LogP contribution >= 0.6 is 0 Å². The molecule has 1 N–H and O–H groups in total. The molecule has 0 aromatic carbocycles. The number of nitrogens with zero attached hydrogens (tertiary/aromatic N) is 1. The lowest BCUT2D eigenvalue weighted by Gasteiger charge is -2.10. The lowest BCUT2D eigenvalue weighted by Crippen LogP contribution is -2.21. The monoisotopic (exact) mass is 230 g/mol. The van der Waals surface area contributed by atoms with Crippen LogP contribution in [0.25, 0.3) is 6.08 Å². The van der Waals surface area contributed by atoms with E-state index in [1.54, 1.807) is 0 Å². The van der Waals surface area contributed by atoms with Crippen molar-refractivity contribution in [2.45, 2.75) is 40.5 Å². The Labute approximate surface area is 102 Å². The Hall–Kier alpha value is -1.64. The molecule has 3 heteroatoms. The highest BCUT2D eigenvalue weighted by molar-refractivity contribution is 5.80. The third-order valence-electron chi connectivity index (χ3n) is 3.45. The lowest BCUT2D eigenvalue weighted by atomic mass is 10.0. The van der Waals surface area contributed by atoms with Gasteiger partial charge in [-0.1, -0.05) is 6.92 Å². The fourth-order valence-corrected chi connectivity index (χ4v) is 2.12. The highest BCUT2D eigenvalue weighted by Crippen LogP contribution is 2.28. The van der Waals surface area contributed by atoms with Crippen molar-refractivity contribution >= 4 is 12.0 Å². The first kappa shape index (κ1) is 11.8. The van der Waals surface area contributed by atoms with Crippen LogP contribution in [0.1, 0.15) is 41.4 Å². The molecule has 2 rings (SSSR count). The topological polar surface area (TPSA) is 42.0 Å². The Balaban J connectivity index is 2.31. The van der Waals surface area contributed by atoms with E-state index in [9.17, 15) is 4.79 Å². The van der Waals surface area contributed by atoms with Crippen molar-refractivity contribution in [3.63, 3.8) is 0 Å². The van der Waals surface area contributed by atoms with E-state index < -0.39 is 0 Å². The van der Waals surface area contributed by atoms with E-state index in [1.165, 1.54) is 16.7 Å². The number of fused-ring (bicyclic) bond motifs is 1. The Morgan fingerprint density at radius 1 is 1.35 bits per heavy atom. The number of hydrogen-bond acceptors (Lipinski definition) is 2. The highest BCUT2D eigenvalue weighted by Gasteiger charge is 2.19. The molecule has 90 valence electrons. The van der Waals surface area contributed by atoms with Crippen molar-refractivity contribution in [3.05, 3.63) is 33.8 Å². The lowest BCUT2D eigenvalue weighted by molar-refractivity contribution is -0.120. The van der Waals surface area contributed by atoms with Crippen molar-refractivity contribution in [1.82, 2.24) is 10.3 Å². The van der Waals surface area contributed by atoms with Crippen molar-refractivity contribution in [3.8, 4) is 0 Å². The number of hydrogen-bond donors (Lipinski definition) is 1. The molecule has 1 heterocycles. The summed E-state index contributed by atoms with van der Waals surface area (Å²) >= 11 is 0. The second-order valence-electron chi connectivity index (χ2n) is 4.56. The van der Waals surface area contributed by atoms with Crippen molar-refractivity contribution < 1.29 is 4.79 Å². The summed E-state index contributed by atoms with van der Waals surface area (Å²) in [6.45, 7) is 8.11. The number of rotatable bonds is 2. The van der Waals surface area contributed by atoms with Crippen LogP contribution in [0.5, 0.6) is 0 Å². The number of pyridine rings is 1. The third kappa shape index (κ3) is 2.09. The SMILES string of the molecule is CCC(=O)NC1=Cc2nc(C)c(C)c(C)c2C1. The average Bonchev–Trinajstić information content (AvgIpc) is 2.68. The first-order chi connectivity index (χ1) is 8.02. The Morgan fingerprint density at radius 2 is 2.06 bits per heavy atom. The van der Waals surface area contributed by atoms with Crippen LogP contribution in [-0.2, 0) is 11.2 Å². The smallest absolute Gasteiger partial charge is 0.223 e. The van der Waals surface area contributed by atoms with Crippen LogP contribution in [-0.4, -0.2) is 10.9 Å². The molecule has 17 heavy (non-hydrogen) atoms. The molecule has 0 unspecified atom stereocenters. The molecule has 3 nitrogen and oxygen atoms in total. The van der Waals surface area contributed by atoms with Gasteiger partial charge in [-0.3, -0.25) is 9.78 Å². The summed E-state index contributed by atoms with van der Waals surface area (Å²) in [5.41, 5.74) is 6.84. The van der Waals surface area contributed by atoms with E-state index >= 15 is 0 Å².